The lowest BCUT2D eigenvalue weighted by molar-refractivity contribution is 0.0694. The van der Waals surface area contributed by atoms with Crippen LogP contribution in [-0.2, 0) is 0 Å². The van der Waals surface area contributed by atoms with Crippen LogP contribution in [0.15, 0.2) is 35.1 Å². The van der Waals surface area contributed by atoms with Crippen LogP contribution in [0.5, 0.6) is 0 Å². The summed E-state index contributed by atoms with van der Waals surface area (Å²) in [6, 6.07) is 7.28. The summed E-state index contributed by atoms with van der Waals surface area (Å²) in [7, 11) is 0. The first-order chi connectivity index (χ1) is 9.41. The van der Waals surface area contributed by atoms with Gasteiger partial charge in [0.15, 0.2) is 5.78 Å². The molecule has 1 aromatic carbocycles. The summed E-state index contributed by atoms with van der Waals surface area (Å²) in [6.45, 7) is 1.23. The topological polar surface area (TPSA) is 89.3 Å². The van der Waals surface area contributed by atoms with Crippen LogP contribution in [0.3, 0.4) is 0 Å². The zero-order chi connectivity index (χ0) is 14.9. The number of rotatable bonds is 3. The molecule has 7 heteroatoms. The van der Waals surface area contributed by atoms with Crippen molar-refractivity contribution < 1.29 is 14.7 Å². The summed E-state index contributed by atoms with van der Waals surface area (Å²) < 4.78 is 0.822. The minimum Gasteiger partial charge on any atom is -0.477 e. The van der Waals surface area contributed by atoms with Crippen molar-refractivity contribution in [1.29, 1.82) is 0 Å². The van der Waals surface area contributed by atoms with E-state index in [0.29, 0.717) is 0 Å². The highest BCUT2D eigenvalue weighted by atomic mass is 35.5. The molecule has 102 valence electrons. The third-order valence-electron chi connectivity index (χ3n) is 2.58. The second-order valence-electron chi connectivity index (χ2n) is 3.97. The molecule has 6 nitrogen and oxygen atoms in total. The fourth-order valence-electron chi connectivity index (χ4n) is 1.61. The van der Waals surface area contributed by atoms with E-state index in [9.17, 15) is 14.4 Å². The minimum absolute atomic E-state index is 0.123. The predicted molar refractivity (Wildman–Crippen MR) is 71.8 cm³/mol. The second-order valence-corrected chi connectivity index (χ2v) is 4.38. The standard InChI is InChI=1S/C13H9ClN2O4/c1-7(17)10-6-8(13(19)20)12(18)16(15-10)11-5-3-2-4-9(11)14/h2-6H,1H3,(H,19,20). The largest absolute Gasteiger partial charge is 0.477 e. The Hall–Kier alpha value is -2.47. The van der Waals surface area contributed by atoms with Gasteiger partial charge in [0.25, 0.3) is 5.56 Å². The van der Waals surface area contributed by atoms with E-state index in [1.807, 2.05) is 0 Å². The van der Waals surface area contributed by atoms with E-state index >= 15 is 0 Å². The van der Waals surface area contributed by atoms with Crippen LogP contribution in [0.25, 0.3) is 5.69 Å². The number of nitrogens with zero attached hydrogens (tertiary/aromatic N) is 2. The molecule has 0 spiro atoms. The van der Waals surface area contributed by atoms with Crippen LogP contribution in [0.1, 0.15) is 27.8 Å². The average molecular weight is 293 g/mol. The number of para-hydroxylation sites is 1. The molecule has 0 radical (unpaired) electrons. The Labute approximate surface area is 118 Å². The van der Waals surface area contributed by atoms with E-state index < -0.39 is 22.9 Å². The van der Waals surface area contributed by atoms with Crippen molar-refractivity contribution in [1.82, 2.24) is 9.78 Å². The molecular weight excluding hydrogens is 284 g/mol. The van der Waals surface area contributed by atoms with E-state index in [1.165, 1.54) is 19.1 Å². The van der Waals surface area contributed by atoms with Gasteiger partial charge in [0.2, 0.25) is 0 Å². The van der Waals surface area contributed by atoms with Crippen LogP contribution in [0, 0.1) is 0 Å². The lowest BCUT2D eigenvalue weighted by atomic mass is 10.2. The number of hydrogen-bond acceptors (Lipinski definition) is 4. The first-order valence-corrected chi connectivity index (χ1v) is 5.93. The quantitative estimate of drug-likeness (QED) is 0.871. The Balaban J connectivity index is 2.82. The molecule has 0 fully saturated rings. The highest BCUT2D eigenvalue weighted by Crippen LogP contribution is 2.17. The first-order valence-electron chi connectivity index (χ1n) is 5.55. The van der Waals surface area contributed by atoms with Gasteiger partial charge in [0, 0.05) is 6.92 Å². The Morgan fingerprint density at radius 1 is 1.30 bits per heavy atom. The number of benzene rings is 1. The van der Waals surface area contributed by atoms with Crippen molar-refractivity contribution in [3.63, 3.8) is 0 Å². The summed E-state index contributed by atoms with van der Waals surface area (Å²) in [5.41, 5.74) is -1.30. The van der Waals surface area contributed by atoms with E-state index in [1.54, 1.807) is 12.1 Å². The molecule has 0 unspecified atom stereocenters. The van der Waals surface area contributed by atoms with Crippen LogP contribution >= 0.6 is 11.6 Å². The molecule has 0 aliphatic carbocycles. The molecule has 0 saturated carbocycles. The number of Topliss-reactive ketones (excluding diaryl/α,β-unsaturated/α-hetero) is 1. The lowest BCUT2D eigenvalue weighted by Gasteiger charge is -2.08. The molecule has 0 amide bonds. The molecule has 0 atom stereocenters. The fraction of sp³-hybridized carbons (Fsp3) is 0.0769. The van der Waals surface area contributed by atoms with Crippen molar-refractivity contribution in [2.45, 2.75) is 6.92 Å². The van der Waals surface area contributed by atoms with Gasteiger partial charge in [-0.15, -0.1) is 0 Å². The lowest BCUT2D eigenvalue weighted by Crippen LogP contribution is -2.29. The summed E-state index contributed by atoms with van der Waals surface area (Å²) in [4.78, 5) is 34.6. The Bertz CT molecular complexity index is 767. The van der Waals surface area contributed by atoms with Crippen LogP contribution in [-0.4, -0.2) is 26.6 Å². The molecule has 0 aliphatic rings. The fourth-order valence-corrected chi connectivity index (χ4v) is 1.82. The van der Waals surface area contributed by atoms with Crippen molar-refractivity contribution in [2.24, 2.45) is 0 Å². The molecular formula is C13H9ClN2O4. The number of ketones is 1. The number of aromatic carboxylic acids is 1. The molecule has 20 heavy (non-hydrogen) atoms. The maximum absolute atomic E-state index is 12.1. The Morgan fingerprint density at radius 3 is 2.50 bits per heavy atom. The Kier molecular flexibility index (Phi) is 3.67. The number of halogens is 1. The van der Waals surface area contributed by atoms with E-state index in [0.717, 1.165) is 10.7 Å². The van der Waals surface area contributed by atoms with Gasteiger partial charge in [-0.05, 0) is 18.2 Å². The second kappa shape index (κ2) is 5.26. The SMILES string of the molecule is CC(=O)c1cc(C(=O)O)c(=O)n(-c2ccccc2Cl)n1. The van der Waals surface area contributed by atoms with Gasteiger partial charge in [-0.1, -0.05) is 23.7 Å². The summed E-state index contributed by atoms with van der Waals surface area (Å²) in [6.07, 6.45) is 0. The number of hydrogen-bond donors (Lipinski definition) is 1. The molecule has 1 heterocycles. The maximum atomic E-state index is 12.1. The van der Waals surface area contributed by atoms with Gasteiger partial charge in [-0.25, -0.2) is 4.79 Å². The average Bonchev–Trinajstić information content (AvgIpc) is 2.39. The van der Waals surface area contributed by atoms with Gasteiger partial charge in [0.05, 0.1) is 10.7 Å². The van der Waals surface area contributed by atoms with Crippen LogP contribution in [0.4, 0.5) is 0 Å². The van der Waals surface area contributed by atoms with Gasteiger partial charge in [-0.2, -0.15) is 9.78 Å². The normalized spacial score (nSPS) is 10.3. The van der Waals surface area contributed by atoms with Crippen LogP contribution < -0.4 is 5.56 Å². The Morgan fingerprint density at radius 2 is 1.95 bits per heavy atom. The molecule has 1 N–H and O–H groups in total. The van der Waals surface area contributed by atoms with E-state index in [-0.39, 0.29) is 16.4 Å². The molecule has 0 aliphatic heterocycles. The summed E-state index contributed by atoms with van der Waals surface area (Å²) in [5, 5.41) is 13.1. The molecule has 0 bridgehead atoms. The van der Waals surface area contributed by atoms with E-state index in [4.69, 9.17) is 16.7 Å². The summed E-state index contributed by atoms with van der Waals surface area (Å²) >= 11 is 5.96. The van der Waals surface area contributed by atoms with E-state index in [2.05, 4.69) is 5.10 Å². The molecule has 2 aromatic rings. The molecule has 0 saturated heterocycles. The summed E-state index contributed by atoms with van der Waals surface area (Å²) in [5.74, 6) is -1.88. The number of aromatic nitrogens is 2. The highest BCUT2D eigenvalue weighted by molar-refractivity contribution is 6.32. The van der Waals surface area contributed by atoms with Gasteiger partial charge in [0.1, 0.15) is 11.3 Å². The highest BCUT2D eigenvalue weighted by Gasteiger charge is 2.18. The van der Waals surface area contributed by atoms with Crippen molar-refractivity contribution in [3.05, 3.63) is 57.0 Å². The predicted octanol–water partition coefficient (Wildman–Crippen LogP) is 1.79. The first kappa shape index (κ1) is 14.0. The molecule has 1 aromatic heterocycles. The number of carboxylic acid groups (broad SMARTS) is 1. The van der Waals surface area contributed by atoms with Crippen molar-refractivity contribution >= 4 is 23.4 Å². The third kappa shape index (κ3) is 2.46. The maximum Gasteiger partial charge on any atom is 0.341 e. The van der Waals surface area contributed by atoms with Gasteiger partial charge in [-0.3, -0.25) is 9.59 Å². The zero-order valence-corrected chi connectivity index (χ0v) is 11.1. The monoisotopic (exact) mass is 292 g/mol. The number of carbonyl (C=O) groups is 2. The van der Waals surface area contributed by atoms with Crippen LogP contribution in [0.2, 0.25) is 5.02 Å². The number of carboxylic acids is 1. The van der Waals surface area contributed by atoms with Crippen molar-refractivity contribution in [2.75, 3.05) is 0 Å². The smallest absolute Gasteiger partial charge is 0.341 e. The zero-order valence-electron chi connectivity index (χ0n) is 10.3. The molecule has 2 rings (SSSR count). The minimum atomic E-state index is -1.43. The van der Waals surface area contributed by atoms with Gasteiger partial charge < -0.3 is 5.11 Å². The van der Waals surface area contributed by atoms with Crippen molar-refractivity contribution in [3.8, 4) is 5.69 Å². The van der Waals surface area contributed by atoms with Gasteiger partial charge >= 0.3 is 5.97 Å². The third-order valence-corrected chi connectivity index (χ3v) is 2.90. The number of carbonyl (C=O) groups excluding carboxylic acids is 1.